The SMILES string of the molecule is CS(=O)(=O)O.CS(=O)(=O)O.N=C(N)c1ccc2ccc(OC(=O)c3ccc(NC(=O)c4ccc(N=C(N)N)cc4)cc3)cc2c1. The maximum Gasteiger partial charge on any atom is 0.343 e. The molecule has 238 valence electrons. The predicted octanol–water partition coefficient (Wildman–Crippen LogP) is 2.51. The second-order valence-electron chi connectivity index (χ2n) is 9.11. The van der Waals surface area contributed by atoms with Gasteiger partial charge < -0.3 is 27.3 Å². The molecule has 0 saturated carbocycles. The third kappa shape index (κ3) is 14.1. The van der Waals surface area contributed by atoms with Crippen molar-refractivity contribution in [2.45, 2.75) is 0 Å². The Hall–Kier alpha value is -5.36. The zero-order valence-corrected chi connectivity index (χ0v) is 25.5. The molecule has 0 fully saturated rings. The standard InChI is InChI=1S/C26H22N6O3.2CH4O3S/c27-23(28)18-2-1-15-7-12-22(14-19(15)13-18)35-25(34)17-5-10-20(11-6-17)31-24(33)16-3-8-21(9-4-16)32-26(29)30;2*1-5(2,3)4/h1-14H,(H3,27,28)(H,31,33)(H4,29,30,32);2*1H3,(H,2,3,4). The Balaban J connectivity index is 0.000000613. The van der Waals surface area contributed by atoms with Crippen LogP contribution < -0.4 is 27.3 Å². The molecule has 15 nitrogen and oxygen atoms in total. The number of fused-ring (bicyclic) bond motifs is 1. The molecule has 0 radical (unpaired) electrons. The van der Waals surface area contributed by atoms with Crippen molar-refractivity contribution in [3.8, 4) is 5.75 Å². The molecule has 1 amide bonds. The lowest BCUT2D eigenvalue weighted by Gasteiger charge is -2.08. The fraction of sp³-hybridized carbons (Fsp3) is 0.0714. The van der Waals surface area contributed by atoms with Gasteiger partial charge in [0.05, 0.1) is 23.8 Å². The van der Waals surface area contributed by atoms with Gasteiger partial charge in [0, 0.05) is 16.8 Å². The highest BCUT2D eigenvalue weighted by Gasteiger charge is 2.11. The van der Waals surface area contributed by atoms with Gasteiger partial charge in [-0.05, 0) is 77.5 Å². The highest BCUT2D eigenvalue weighted by Crippen LogP contribution is 2.23. The quantitative estimate of drug-likeness (QED) is 0.0517. The Morgan fingerprint density at radius 2 is 1.22 bits per heavy atom. The van der Waals surface area contributed by atoms with Gasteiger partial charge in [-0.15, -0.1) is 0 Å². The number of anilines is 1. The molecule has 17 heteroatoms. The van der Waals surface area contributed by atoms with Crippen LogP contribution in [-0.4, -0.2) is 62.1 Å². The molecule has 4 rings (SSSR count). The van der Waals surface area contributed by atoms with Crippen LogP contribution in [0.4, 0.5) is 11.4 Å². The van der Waals surface area contributed by atoms with E-state index >= 15 is 0 Å². The number of amidine groups is 1. The molecule has 0 spiro atoms. The van der Waals surface area contributed by atoms with Gasteiger partial charge in [-0.25, -0.2) is 9.79 Å². The van der Waals surface area contributed by atoms with Crippen LogP contribution in [0.15, 0.2) is 89.9 Å². The van der Waals surface area contributed by atoms with Gasteiger partial charge in [0.15, 0.2) is 5.96 Å². The number of carbonyl (C=O) groups is 2. The number of nitrogens with one attached hydrogen (secondary N) is 2. The van der Waals surface area contributed by atoms with E-state index in [4.69, 9.17) is 36.5 Å². The summed E-state index contributed by atoms with van der Waals surface area (Å²) in [6.45, 7) is 0. The molecule has 0 saturated heterocycles. The van der Waals surface area contributed by atoms with E-state index < -0.39 is 26.2 Å². The summed E-state index contributed by atoms with van der Waals surface area (Å²) in [5, 5.41) is 12.1. The van der Waals surface area contributed by atoms with Crippen molar-refractivity contribution >= 4 is 66.1 Å². The normalized spacial score (nSPS) is 10.7. The van der Waals surface area contributed by atoms with Crippen molar-refractivity contribution in [1.82, 2.24) is 0 Å². The third-order valence-corrected chi connectivity index (χ3v) is 5.10. The van der Waals surface area contributed by atoms with Gasteiger partial charge in [-0.3, -0.25) is 19.3 Å². The first-order chi connectivity index (χ1) is 20.8. The number of hydrogen-bond acceptors (Lipinski definition) is 9. The minimum Gasteiger partial charge on any atom is -0.423 e. The van der Waals surface area contributed by atoms with Crippen LogP contribution in [0.5, 0.6) is 5.75 Å². The minimum atomic E-state index is -3.67. The minimum absolute atomic E-state index is 0.0376. The number of rotatable bonds is 6. The van der Waals surface area contributed by atoms with E-state index in [2.05, 4.69) is 10.3 Å². The molecule has 4 aromatic carbocycles. The molecule has 0 aliphatic rings. The summed E-state index contributed by atoms with van der Waals surface area (Å²) in [6.07, 6.45) is 1.43. The number of nitrogens with two attached hydrogens (primary N) is 3. The first-order valence-electron chi connectivity index (χ1n) is 12.3. The zero-order chi connectivity index (χ0) is 33.9. The molecular weight excluding hydrogens is 628 g/mol. The number of nitrogen functional groups attached to an aromatic ring is 1. The van der Waals surface area contributed by atoms with Gasteiger partial charge >= 0.3 is 5.97 Å². The molecule has 0 atom stereocenters. The number of aliphatic imine (C=N–C) groups is 1. The van der Waals surface area contributed by atoms with Crippen LogP contribution in [-0.2, 0) is 20.2 Å². The summed E-state index contributed by atoms with van der Waals surface area (Å²) < 4.78 is 57.2. The van der Waals surface area contributed by atoms with Gasteiger partial charge in [0.1, 0.15) is 11.6 Å². The zero-order valence-electron chi connectivity index (χ0n) is 23.8. The van der Waals surface area contributed by atoms with Crippen LogP contribution in [0.1, 0.15) is 26.3 Å². The number of amides is 1. The van der Waals surface area contributed by atoms with Crippen molar-refractivity contribution in [3.05, 3.63) is 102 Å². The van der Waals surface area contributed by atoms with Gasteiger partial charge in [0.2, 0.25) is 0 Å². The van der Waals surface area contributed by atoms with Crippen molar-refractivity contribution in [3.63, 3.8) is 0 Å². The summed E-state index contributed by atoms with van der Waals surface area (Å²) in [6, 6.07) is 23.4. The lowest BCUT2D eigenvalue weighted by atomic mass is 10.1. The van der Waals surface area contributed by atoms with Crippen LogP contribution in [0.25, 0.3) is 10.8 Å². The Morgan fingerprint density at radius 1 is 0.733 bits per heavy atom. The molecule has 0 aliphatic heterocycles. The average molecular weight is 659 g/mol. The first-order valence-corrected chi connectivity index (χ1v) is 16.0. The monoisotopic (exact) mass is 658 g/mol. The average Bonchev–Trinajstić information content (AvgIpc) is 2.91. The van der Waals surface area contributed by atoms with E-state index in [-0.39, 0.29) is 17.7 Å². The Kier molecular flexibility index (Phi) is 12.3. The van der Waals surface area contributed by atoms with Gasteiger partial charge in [-0.2, -0.15) is 16.8 Å². The number of carbonyl (C=O) groups excluding carboxylic acids is 2. The molecule has 0 heterocycles. The molecule has 4 aromatic rings. The number of guanidine groups is 1. The second kappa shape index (κ2) is 15.4. The highest BCUT2D eigenvalue weighted by molar-refractivity contribution is 7.85. The van der Waals surface area contributed by atoms with E-state index in [1.54, 1.807) is 72.8 Å². The molecule has 0 bridgehead atoms. The summed E-state index contributed by atoms with van der Waals surface area (Å²) in [4.78, 5) is 29.0. The topological polar surface area (TPSA) is 278 Å². The lowest BCUT2D eigenvalue weighted by molar-refractivity contribution is 0.0734. The van der Waals surface area contributed by atoms with Crippen LogP contribution in [0.3, 0.4) is 0 Å². The fourth-order valence-electron chi connectivity index (χ4n) is 3.35. The van der Waals surface area contributed by atoms with Crippen molar-refractivity contribution in [1.29, 1.82) is 5.41 Å². The molecule has 45 heavy (non-hydrogen) atoms. The van der Waals surface area contributed by atoms with E-state index in [1.807, 2.05) is 12.1 Å². The number of benzene rings is 4. The second-order valence-corrected chi connectivity index (χ2v) is 12.0. The third-order valence-electron chi connectivity index (χ3n) is 5.10. The highest BCUT2D eigenvalue weighted by atomic mass is 32.2. The molecule has 0 unspecified atom stereocenters. The lowest BCUT2D eigenvalue weighted by Crippen LogP contribution is -2.21. The van der Waals surface area contributed by atoms with E-state index in [9.17, 15) is 26.4 Å². The Bertz CT molecular complexity index is 1900. The first kappa shape index (κ1) is 35.8. The molecule has 10 N–H and O–H groups in total. The van der Waals surface area contributed by atoms with Crippen molar-refractivity contribution in [2.75, 3.05) is 17.8 Å². The van der Waals surface area contributed by atoms with Crippen molar-refractivity contribution in [2.24, 2.45) is 22.2 Å². The van der Waals surface area contributed by atoms with Gasteiger partial charge in [0.25, 0.3) is 26.1 Å². The summed E-state index contributed by atoms with van der Waals surface area (Å²) >= 11 is 0. The van der Waals surface area contributed by atoms with E-state index in [0.29, 0.717) is 46.3 Å². The van der Waals surface area contributed by atoms with Crippen LogP contribution in [0, 0.1) is 5.41 Å². The van der Waals surface area contributed by atoms with E-state index in [1.165, 1.54) is 0 Å². The number of nitrogens with zero attached hydrogens (tertiary/aromatic N) is 1. The Morgan fingerprint density at radius 3 is 1.73 bits per heavy atom. The smallest absolute Gasteiger partial charge is 0.343 e. The Labute approximate surface area is 258 Å². The molecule has 0 aromatic heterocycles. The van der Waals surface area contributed by atoms with Crippen LogP contribution in [0.2, 0.25) is 0 Å². The van der Waals surface area contributed by atoms with Gasteiger partial charge in [-0.1, -0.05) is 18.2 Å². The maximum absolute atomic E-state index is 12.6. The maximum atomic E-state index is 12.6. The van der Waals surface area contributed by atoms with E-state index in [0.717, 1.165) is 10.8 Å². The van der Waals surface area contributed by atoms with Crippen LogP contribution >= 0.6 is 0 Å². The number of hydrogen-bond donors (Lipinski definition) is 7. The molecular formula is C28H30N6O9S2. The number of ether oxygens (including phenoxy) is 1. The summed E-state index contributed by atoms with van der Waals surface area (Å²) in [7, 11) is -7.33. The summed E-state index contributed by atoms with van der Waals surface area (Å²) in [5.41, 5.74) is 18.6. The summed E-state index contributed by atoms with van der Waals surface area (Å²) in [5.74, 6) is -0.601. The largest absolute Gasteiger partial charge is 0.423 e. The van der Waals surface area contributed by atoms with Crippen molar-refractivity contribution < 1.29 is 40.3 Å². The molecule has 0 aliphatic carbocycles. The predicted molar refractivity (Wildman–Crippen MR) is 171 cm³/mol. The fourth-order valence-corrected chi connectivity index (χ4v) is 3.35. The number of esters is 1.